The molecule has 3 atom stereocenters. The smallest absolute Gasteiger partial charge is 0.393 e. The lowest BCUT2D eigenvalue weighted by atomic mass is 9.88. The Bertz CT molecular complexity index is 1390. The number of aromatic nitrogens is 2. The molecule has 0 saturated carbocycles. The summed E-state index contributed by atoms with van der Waals surface area (Å²) >= 11 is 0. The molecular weight excluding hydrogens is 519 g/mol. The van der Waals surface area contributed by atoms with E-state index in [1.807, 2.05) is 32.0 Å². The summed E-state index contributed by atoms with van der Waals surface area (Å²) in [5.41, 5.74) is 2.91. The first kappa shape index (κ1) is 28.0. The van der Waals surface area contributed by atoms with Gasteiger partial charge in [-0.25, -0.2) is 9.97 Å². The number of aliphatic hydroxyl groups excluding tert-OH is 1. The Balaban J connectivity index is 1.47. The molecule has 0 bridgehead atoms. The van der Waals surface area contributed by atoms with E-state index in [2.05, 4.69) is 32.4 Å². The number of rotatable bonds is 6. The standard InChI is InChI=1S/C30H34F3N5O2/c1-17(2)38-18(3)7-12-27(38)29(40)37-26-13-20(30(31,32)33)9-11-22(26)25-15-28(35-16-34-25)36-24-6-4-5-19-8-10-21(39)14-23(19)24/h4-6,9,11,13,15-18,21,27,39H,7-8,10,12,14H2,1-3H3,(H,37,40)(H,34,35,36). The van der Waals surface area contributed by atoms with Crippen LogP contribution in [0, 0.1) is 0 Å². The number of carbonyl (C=O) groups is 1. The fraction of sp³-hybridized carbons (Fsp3) is 0.433. The molecule has 0 radical (unpaired) electrons. The number of anilines is 3. The zero-order chi connectivity index (χ0) is 28.6. The predicted octanol–water partition coefficient (Wildman–Crippen LogP) is 5.96. The summed E-state index contributed by atoms with van der Waals surface area (Å²) in [5, 5.41) is 16.3. The number of aliphatic hydroxyl groups is 1. The molecule has 212 valence electrons. The number of hydrogen-bond acceptors (Lipinski definition) is 6. The van der Waals surface area contributed by atoms with Crippen molar-refractivity contribution in [2.45, 2.75) is 83.3 Å². The first-order valence-corrected chi connectivity index (χ1v) is 13.7. The van der Waals surface area contributed by atoms with Crippen molar-refractivity contribution in [3.05, 3.63) is 65.5 Å². The Kier molecular flexibility index (Phi) is 7.83. The van der Waals surface area contributed by atoms with Gasteiger partial charge in [-0.3, -0.25) is 9.69 Å². The van der Waals surface area contributed by atoms with E-state index >= 15 is 0 Å². The summed E-state index contributed by atoms with van der Waals surface area (Å²) in [6, 6.07) is 10.7. The molecule has 1 fully saturated rings. The molecule has 3 aromatic rings. The van der Waals surface area contributed by atoms with Crippen molar-refractivity contribution in [1.29, 1.82) is 0 Å². The zero-order valence-corrected chi connectivity index (χ0v) is 22.8. The second-order valence-corrected chi connectivity index (χ2v) is 11.0. The minimum atomic E-state index is -4.57. The Morgan fingerprint density at radius 3 is 2.62 bits per heavy atom. The van der Waals surface area contributed by atoms with E-state index in [0.29, 0.717) is 36.3 Å². The van der Waals surface area contributed by atoms with Crippen molar-refractivity contribution in [1.82, 2.24) is 14.9 Å². The van der Waals surface area contributed by atoms with Crippen molar-refractivity contribution in [3.63, 3.8) is 0 Å². The molecule has 0 spiro atoms. The van der Waals surface area contributed by atoms with Gasteiger partial charge in [0.2, 0.25) is 5.91 Å². The number of carbonyl (C=O) groups excluding carboxylic acids is 1. The van der Waals surface area contributed by atoms with Crippen molar-refractivity contribution in [2.24, 2.45) is 0 Å². The number of likely N-dealkylation sites (tertiary alicyclic amines) is 1. The Morgan fingerprint density at radius 2 is 1.88 bits per heavy atom. The average molecular weight is 554 g/mol. The lowest BCUT2D eigenvalue weighted by Crippen LogP contribution is -2.46. The lowest BCUT2D eigenvalue weighted by molar-refractivity contribution is -0.137. The van der Waals surface area contributed by atoms with Crippen LogP contribution in [0.1, 0.15) is 56.7 Å². The second-order valence-electron chi connectivity index (χ2n) is 11.0. The minimum Gasteiger partial charge on any atom is -0.393 e. The van der Waals surface area contributed by atoms with Crippen LogP contribution in [-0.4, -0.2) is 50.1 Å². The van der Waals surface area contributed by atoms with Crippen molar-refractivity contribution < 1.29 is 23.1 Å². The SMILES string of the molecule is CC(C)N1C(C)CCC1C(=O)Nc1cc(C(F)(F)F)ccc1-c1cc(Nc2cccc3c2CC(O)CC3)ncn1. The first-order valence-electron chi connectivity index (χ1n) is 13.7. The van der Waals surface area contributed by atoms with Crippen LogP contribution in [0.4, 0.5) is 30.4 Å². The van der Waals surface area contributed by atoms with E-state index in [1.54, 1.807) is 6.07 Å². The van der Waals surface area contributed by atoms with Gasteiger partial charge in [-0.2, -0.15) is 13.2 Å². The third-order valence-electron chi connectivity index (χ3n) is 7.90. The van der Waals surface area contributed by atoms with Gasteiger partial charge in [-0.15, -0.1) is 0 Å². The molecule has 1 aliphatic heterocycles. The van der Waals surface area contributed by atoms with Gasteiger partial charge in [0.05, 0.1) is 29.1 Å². The van der Waals surface area contributed by atoms with Crippen molar-refractivity contribution in [3.8, 4) is 11.3 Å². The molecule has 3 N–H and O–H groups in total. The van der Waals surface area contributed by atoms with Crippen molar-refractivity contribution in [2.75, 3.05) is 10.6 Å². The van der Waals surface area contributed by atoms with Gasteiger partial charge >= 0.3 is 6.18 Å². The molecule has 40 heavy (non-hydrogen) atoms. The average Bonchev–Trinajstić information content (AvgIpc) is 3.30. The molecule has 1 amide bonds. The largest absolute Gasteiger partial charge is 0.416 e. The first-order chi connectivity index (χ1) is 19.0. The number of fused-ring (bicyclic) bond motifs is 1. The van der Waals surface area contributed by atoms with Crippen LogP contribution >= 0.6 is 0 Å². The summed E-state index contributed by atoms with van der Waals surface area (Å²) in [7, 11) is 0. The van der Waals surface area contributed by atoms with Crippen LogP contribution in [0.3, 0.4) is 0 Å². The monoisotopic (exact) mass is 553 g/mol. The number of aryl methyl sites for hydroxylation is 1. The van der Waals surface area contributed by atoms with Gasteiger partial charge in [0.25, 0.3) is 0 Å². The Morgan fingerprint density at radius 1 is 1.07 bits per heavy atom. The quantitative estimate of drug-likeness (QED) is 0.349. The van der Waals surface area contributed by atoms with E-state index in [9.17, 15) is 23.1 Å². The Labute approximate surface area is 231 Å². The molecule has 1 saturated heterocycles. The maximum absolute atomic E-state index is 13.7. The topological polar surface area (TPSA) is 90.4 Å². The maximum Gasteiger partial charge on any atom is 0.416 e. The van der Waals surface area contributed by atoms with Gasteiger partial charge in [-0.05, 0) is 75.8 Å². The molecule has 7 nitrogen and oxygen atoms in total. The van der Waals surface area contributed by atoms with Crippen LogP contribution in [0.5, 0.6) is 0 Å². The molecule has 2 heterocycles. The normalized spacial score (nSPS) is 21.4. The molecule has 2 aromatic carbocycles. The van der Waals surface area contributed by atoms with E-state index in [4.69, 9.17) is 0 Å². The molecular formula is C30H34F3N5O2. The van der Waals surface area contributed by atoms with Gasteiger partial charge in [0.15, 0.2) is 0 Å². The molecule has 3 unspecified atom stereocenters. The fourth-order valence-corrected chi connectivity index (χ4v) is 6.00. The third-order valence-corrected chi connectivity index (χ3v) is 7.90. The van der Waals surface area contributed by atoms with Crippen molar-refractivity contribution >= 4 is 23.1 Å². The molecule has 5 rings (SSSR count). The maximum atomic E-state index is 13.7. The minimum absolute atomic E-state index is 0.0490. The number of alkyl halides is 3. The molecule has 1 aromatic heterocycles. The van der Waals surface area contributed by atoms with E-state index in [-0.39, 0.29) is 23.7 Å². The molecule has 1 aliphatic carbocycles. The lowest BCUT2D eigenvalue weighted by Gasteiger charge is -2.31. The zero-order valence-electron chi connectivity index (χ0n) is 22.8. The number of amides is 1. The summed E-state index contributed by atoms with van der Waals surface area (Å²) in [6.07, 6.45) is -0.148. The number of halogens is 3. The number of benzene rings is 2. The third kappa shape index (κ3) is 5.83. The van der Waals surface area contributed by atoms with Crippen LogP contribution in [-0.2, 0) is 23.8 Å². The van der Waals surface area contributed by atoms with E-state index < -0.39 is 23.9 Å². The second kappa shape index (κ2) is 11.2. The van der Waals surface area contributed by atoms with Crippen LogP contribution in [0.15, 0.2) is 48.8 Å². The summed E-state index contributed by atoms with van der Waals surface area (Å²) in [4.78, 5) is 24.1. The van der Waals surface area contributed by atoms with E-state index in [0.717, 1.165) is 41.8 Å². The summed E-state index contributed by atoms with van der Waals surface area (Å²) < 4.78 is 41.0. The number of hydrogen-bond donors (Lipinski definition) is 3. The predicted molar refractivity (Wildman–Crippen MR) is 148 cm³/mol. The van der Waals surface area contributed by atoms with E-state index in [1.165, 1.54) is 12.4 Å². The molecule has 10 heteroatoms. The number of nitrogens with zero attached hydrogens (tertiary/aromatic N) is 3. The van der Waals surface area contributed by atoms with Gasteiger partial charge in [0.1, 0.15) is 12.1 Å². The summed E-state index contributed by atoms with van der Waals surface area (Å²) in [6.45, 7) is 6.08. The highest BCUT2D eigenvalue weighted by molar-refractivity contribution is 5.98. The highest BCUT2D eigenvalue weighted by atomic mass is 19.4. The Hall–Kier alpha value is -3.50. The van der Waals surface area contributed by atoms with Gasteiger partial charge < -0.3 is 15.7 Å². The van der Waals surface area contributed by atoms with Crippen LogP contribution in [0.2, 0.25) is 0 Å². The highest BCUT2D eigenvalue weighted by Gasteiger charge is 2.38. The van der Waals surface area contributed by atoms with Gasteiger partial charge in [-0.1, -0.05) is 18.2 Å². The van der Waals surface area contributed by atoms with Crippen LogP contribution < -0.4 is 10.6 Å². The van der Waals surface area contributed by atoms with Gasteiger partial charge in [0, 0.05) is 35.8 Å². The molecule has 2 aliphatic rings. The summed E-state index contributed by atoms with van der Waals surface area (Å²) in [5.74, 6) is 0.117. The number of nitrogens with one attached hydrogen (secondary N) is 2. The fourth-order valence-electron chi connectivity index (χ4n) is 6.00. The highest BCUT2D eigenvalue weighted by Crippen LogP contribution is 2.37. The van der Waals surface area contributed by atoms with Crippen LogP contribution in [0.25, 0.3) is 11.3 Å².